The van der Waals surface area contributed by atoms with Crippen molar-refractivity contribution in [2.24, 2.45) is 7.05 Å². The average molecular weight is 633 g/mol. The number of ether oxygens (including phenoxy) is 3. The summed E-state index contributed by atoms with van der Waals surface area (Å²) in [6, 6.07) is 9.68. The predicted octanol–water partition coefficient (Wildman–Crippen LogP) is 5.66. The lowest BCUT2D eigenvalue weighted by atomic mass is 9.88. The van der Waals surface area contributed by atoms with E-state index < -0.39 is 29.4 Å². The van der Waals surface area contributed by atoms with Crippen molar-refractivity contribution >= 4 is 28.3 Å². The summed E-state index contributed by atoms with van der Waals surface area (Å²) in [6.07, 6.45) is 4.65. The number of rotatable bonds is 9. The smallest absolute Gasteiger partial charge is 0.417 e. The Balaban J connectivity index is 1.21. The molecule has 2 atom stereocenters. The summed E-state index contributed by atoms with van der Waals surface area (Å²) in [6.45, 7) is 0.287. The highest BCUT2D eigenvalue weighted by atomic mass is 19.4. The predicted molar refractivity (Wildman–Crippen MR) is 160 cm³/mol. The molecule has 15 heteroatoms. The fourth-order valence-corrected chi connectivity index (χ4v) is 5.47. The Labute approximate surface area is 259 Å². The maximum absolute atomic E-state index is 14.1. The Kier molecular flexibility index (Phi) is 7.31. The van der Waals surface area contributed by atoms with Gasteiger partial charge < -0.3 is 28.7 Å². The fourth-order valence-electron chi connectivity index (χ4n) is 5.47. The van der Waals surface area contributed by atoms with Crippen LogP contribution in [0.15, 0.2) is 78.4 Å². The number of aryl methyl sites for hydroxylation is 1. The van der Waals surface area contributed by atoms with Crippen LogP contribution in [0.2, 0.25) is 0 Å². The molecule has 0 bridgehead atoms. The summed E-state index contributed by atoms with van der Waals surface area (Å²) >= 11 is 0. The van der Waals surface area contributed by atoms with Gasteiger partial charge in [0.15, 0.2) is 22.9 Å². The molecule has 1 N–H and O–H groups in total. The number of methoxy groups -OCH3 is 1. The van der Waals surface area contributed by atoms with Gasteiger partial charge in [-0.3, -0.25) is 9.78 Å². The van der Waals surface area contributed by atoms with E-state index in [1.807, 2.05) is 30.3 Å². The van der Waals surface area contributed by atoms with E-state index in [0.29, 0.717) is 29.6 Å². The van der Waals surface area contributed by atoms with Gasteiger partial charge in [0, 0.05) is 25.6 Å². The van der Waals surface area contributed by atoms with Gasteiger partial charge in [0.25, 0.3) is 5.56 Å². The Morgan fingerprint density at radius 3 is 2.65 bits per heavy atom. The van der Waals surface area contributed by atoms with Crippen LogP contribution in [0.25, 0.3) is 16.7 Å². The third-order valence-electron chi connectivity index (χ3n) is 7.99. The number of nitrogens with one attached hydrogen (secondary N) is 1. The van der Waals surface area contributed by atoms with E-state index in [-0.39, 0.29) is 35.4 Å². The zero-order valence-corrected chi connectivity index (χ0v) is 24.6. The largest absolute Gasteiger partial charge is 0.491 e. The van der Waals surface area contributed by atoms with Crippen molar-refractivity contribution in [1.29, 1.82) is 0 Å². The van der Waals surface area contributed by atoms with E-state index in [0.717, 1.165) is 22.4 Å². The van der Waals surface area contributed by atoms with Gasteiger partial charge in [-0.05, 0) is 24.5 Å². The van der Waals surface area contributed by atoms with Crippen molar-refractivity contribution < 1.29 is 27.4 Å². The molecule has 0 unspecified atom stereocenters. The molecule has 1 saturated carbocycles. The Bertz CT molecular complexity index is 2110. The molecule has 1 aliphatic carbocycles. The fraction of sp³-hybridized carbons (Fsp3) is 0.258. The van der Waals surface area contributed by atoms with Crippen LogP contribution in [0, 0.1) is 0 Å². The molecule has 5 heterocycles. The first-order valence-electron chi connectivity index (χ1n) is 14.3. The topological polar surface area (TPSA) is 123 Å². The monoisotopic (exact) mass is 632 g/mol. The first-order valence-corrected chi connectivity index (χ1v) is 14.3. The van der Waals surface area contributed by atoms with Crippen LogP contribution in [0.3, 0.4) is 0 Å². The summed E-state index contributed by atoms with van der Waals surface area (Å²) in [5.41, 5.74) is 0.240. The normalized spacial score (nSPS) is 16.5. The van der Waals surface area contributed by atoms with Gasteiger partial charge in [-0.2, -0.15) is 23.3 Å². The second kappa shape index (κ2) is 11.5. The highest BCUT2D eigenvalue weighted by Crippen LogP contribution is 2.40. The summed E-state index contributed by atoms with van der Waals surface area (Å²) < 4.78 is 64.2. The van der Waals surface area contributed by atoms with Crippen molar-refractivity contribution in [3.63, 3.8) is 0 Å². The minimum Gasteiger partial charge on any atom is -0.491 e. The first kappa shape index (κ1) is 29.3. The highest BCUT2D eigenvalue weighted by molar-refractivity contribution is 5.85. The van der Waals surface area contributed by atoms with Crippen molar-refractivity contribution in [3.05, 3.63) is 95.1 Å². The lowest BCUT2D eigenvalue weighted by molar-refractivity contribution is -0.138. The SMILES string of the molecule is COc1c(Oc2cnn3ccncc23)cnc2nc(Nc3cc(C(F)(F)F)cn([C@H]4CC[C@@H]4OCc4ccccc4)c3=O)n(C)c12. The molecule has 0 amide bonds. The summed E-state index contributed by atoms with van der Waals surface area (Å²) in [5.74, 6) is 0.994. The van der Waals surface area contributed by atoms with Crippen molar-refractivity contribution in [1.82, 2.24) is 33.7 Å². The molecule has 5 aromatic heterocycles. The molecule has 1 aliphatic rings. The molecule has 0 spiro atoms. The van der Waals surface area contributed by atoms with E-state index in [1.54, 1.807) is 30.2 Å². The van der Waals surface area contributed by atoms with Gasteiger partial charge in [0.2, 0.25) is 5.95 Å². The number of imidazole rings is 1. The molecular formula is C31H27F3N8O4. The van der Waals surface area contributed by atoms with E-state index in [1.165, 1.54) is 24.1 Å². The highest BCUT2D eigenvalue weighted by Gasteiger charge is 2.38. The maximum Gasteiger partial charge on any atom is 0.417 e. The Morgan fingerprint density at radius 1 is 1.09 bits per heavy atom. The Morgan fingerprint density at radius 2 is 1.91 bits per heavy atom. The second-order valence-corrected chi connectivity index (χ2v) is 10.8. The quantitative estimate of drug-likeness (QED) is 0.215. The standard InChI is InChI=1S/C31H27F3N8O4/c1-40-26-27(44-2)25(46-24-15-37-42-11-10-35-13-22(24)42)14-36-28(26)39-30(40)38-20-12-19(31(32,33)34)16-41(29(20)43)21-8-9-23(21)45-17-18-6-4-3-5-7-18/h3-7,10-16,21,23H,8-9,17H2,1-2H3,(H,36,38,39)/t21-,23-/m0/s1. The third-order valence-corrected chi connectivity index (χ3v) is 7.99. The van der Waals surface area contributed by atoms with Crippen LogP contribution in [0.1, 0.15) is 30.0 Å². The van der Waals surface area contributed by atoms with E-state index in [4.69, 9.17) is 14.2 Å². The summed E-state index contributed by atoms with van der Waals surface area (Å²) in [4.78, 5) is 26.6. The van der Waals surface area contributed by atoms with Crippen molar-refractivity contribution in [3.8, 4) is 17.2 Å². The number of pyridine rings is 2. The van der Waals surface area contributed by atoms with Gasteiger partial charge in [-0.1, -0.05) is 30.3 Å². The lowest BCUT2D eigenvalue weighted by Gasteiger charge is -2.38. The third kappa shape index (κ3) is 5.27. The first-order chi connectivity index (χ1) is 22.2. The zero-order chi connectivity index (χ0) is 32.0. The van der Waals surface area contributed by atoms with Crippen LogP contribution < -0.4 is 20.3 Å². The molecule has 236 valence electrons. The number of alkyl halides is 3. The average Bonchev–Trinajstić information content (AvgIpc) is 3.58. The number of fused-ring (bicyclic) bond motifs is 2. The van der Waals surface area contributed by atoms with Crippen LogP contribution in [-0.4, -0.2) is 46.9 Å². The zero-order valence-electron chi connectivity index (χ0n) is 24.6. The number of anilines is 2. The molecule has 6 aromatic rings. The Hall–Kier alpha value is -5.44. The van der Waals surface area contributed by atoms with Crippen LogP contribution >= 0.6 is 0 Å². The molecule has 12 nitrogen and oxygen atoms in total. The molecule has 1 fully saturated rings. The van der Waals surface area contributed by atoms with Crippen molar-refractivity contribution in [2.45, 2.75) is 37.8 Å². The number of halogens is 3. The van der Waals surface area contributed by atoms with Crippen molar-refractivity contribution in [2.75, 3.05) is 12.4 Å². The molecule has 0 radical (unpaired) electrons. The minimum absolute atomic E-state index is 0.0756. The van der Waals surface area contributed by atoms with Gasteiger partial charge in [0.05, 0.1) is 50.0 Å². The molecule has 7 rings (SSSR count). The number of hydrogen-bond donors (Lipinski definition) is 1. The maximum atomic E-state index is 14.1. The van der Waals surface area contributed by atoms with Crippen LogP contribution in [-0.2, 0) is 24.6 Å². The number of hydrogen-bond acceptors (Lipinski definition) is 9. The van der Waals surface area contributed by atoms with Crippen LogP contribution in [0.4, 0.5) is 24.8 Å². The molecule has 1 aromatic carbocycles. The lowest BCUT2D eigenvalue weighted by Crippen LogP contribution is -2.41. The number of nitrogens with zero attached hydrogens (tertiary/aromatic N) is 7. The van der Waals surface area contributed by atoms with E-state index >= 15 is 0 Å². The van der Waals surface area contributed by atoms with Gasteiger partial charge in [0.1, 0.15) is 16.7 Å². The second-order valence-electron chi connectivity index (χ2n) is 10.8. The molecule has 46 heavy (non-hydrogen) atoms. The molecule has 0 saturated heterocycles. The van der Waals surface area contributed by atoms with Gasteiger partial charge in [-0.15, -0.1) is 0 Å². The van der Waals surface area contributed by atoms with Crippen LogP contribution in [0.5, 0.6) is 17.2 Å². The summed E-state index contributed by atoms with van der Waals surface area (Å²) in [5, 5.41) is 7.05. The van der Waals surface area contributed by atoms with Gasteiger partial charge in [-0.25, -0.2) is 9.50 Å². The van der Waals surface area contributed by atoms with E-state index in [9.17, 15) is 18.0 Å². The van der Waals surface area contributed by atoms with Gasteiger partial charge >= 0.3 is 6.18 Å². The number of benzene rings is 1. The number of aromatic nitrogens is 7. The minimum atomic E-state index is -4.70. The molecular weight excluding hydrogens is 605 g/mol. The van der Waals surface area contributed by atoms with E-state index in [2.05, 4.69) is 25.4 Å². The molecule has 0 aliphatic heterocycles. The summed E-state index contributed by atoms with van der Waals surface area (Å²) in [7, 11) is 3.07.